The van der Waals surface area contributed by atoms with Crippen LogP contribution in [0.5, 0.6) is 0 Å². The van der Waals surface area contributed by atoms with E-state index in [9.17, 15) is 45.1 Å². The van der Waals surface area contributed by atoms with Gasteiger partial charge < -0.3 is 28.1 Å². The summed E-state index contributed by atoms with van der Waals surface area (Å²) in [5.74, 6) is -3.22. The molecule has 0 saturated heterocycles. The van der Waals surface area contributed by atoms with Gasteiger partial charge in [0.1, 0.15) is 42.6 Å². The minimum atomic E-state index is -4.90. The number of carbonyl (C=O) groups excluding carboxylic acids is 4. The Hall–Kier alpha value is -2.29. The van der Waals surface area contributed by atoms with Gasteiger partial charge in [0.25, 0.3) is 0 Å². The molecule has 0 atom stereocenters. The summed E-state index contributed by atoms with van der Waals surface area (Å²) in [6, 6.07) is 6.12. The van der Waals surface area contributed by atoms with E-state index < -0.39 is 76.3 Å². The van der Waals surface area contributed by atoms with Gasteiger partial charge in [0, 0.05) is 0 Å². The van der Waals surface area contributed by atoms with Gasteiger partial charge in [0.15, 0.2) is 0 Å². The molecule has 2 rings (SSSR count). The van der Waals surface area contributed by atoms with E-state index in [1.807, 2.05) is 27.7 Å². The van der Waals surface area contributed by atoms with Crippen molar-refractivity contribution in [2.75, 3.05) is 0 Å². The third-order valence-corrected chi connectivity index (χ3v) is 11.0. The molecule has 0 unspecified atom stereocenters. The standard InChI is InChI=1S/2C22H34O7S.Ba/c2*1-7-9-11-21(3,4)28-19(23)16-13-17(15-18(14-16)30(25,26)27)20(24)29-22(5,6)12-10-8-2;/h2*13-15H,7-12H2,1-6H3,(H,25,26,27);/q;;+2/p-2. The van der Waals surface area contributed by atoms with Crippen molar-refractivity contribution in [1.82, 2.24) is 0 Å². The monoisotopic (exact) mass is 1020 g/mol. The zero-order chi connectivity index (χ0) is 46.3. The van der Waals surface area contributed by atoms with Gasteiger partial charge in [-0.2, -0.15) is 0 Å². The quantitative estimate of drug-likeness (QED) is 0.0464. The fourth-order valence-corrected chi connectivity index (χ4v) is 6.90. The number of benzene rings is 2. The van der Waals surface area contributed by atoms with E-state index in [-0.39, 0.29) is 71.1 Å². The maximum Gasteiger partial charge on any atom is 2.00 e. The fraction of sp³-hybridized carbons (Fsp3) is 0.636. The summed E-state index contributed by atoms with van der Waals surface area (Å²) in [4.78, 5) is 49.2. The summed E-state index contributed by atoms with van der Waals surface area (Å²) in [5, 5.41) is 0. The van der Waals surface area contributed by atoms with Crippen molar-refractivity contribution in [1.29, 1.82) is 0 Å². The van der Waals surface area contributed by atoms with Crippen LogP contribution in [0.25, 0.3) is 0 Å². The molecule has 0 aliphatic rings. The summed E-state index contributed by atoms with van der Waals surface area (Å²) < 4.78 is 91.4. The summed E-state index contributed by atoms with van der Waals surface area (Å²) >= 11 is 0. The number of carbonyl (C=O) groups is 4. The summed E-state index contributed by atoms with van der Waals surface area (Å²) in [6.45, 7) is 22.1. The van der Waals surface area contributed by atoms with Gasteiger partial charge in [0.2, 0.25) is 0 Å². The van der Waals surface area contributed by atoms with E-state index in [0.717, 1.165) is 75.6 Å². The van der Waals surface area contributed by atoms with Crippen molar-refractivity contribution in [3.8, 4) is 0 Å². The molecule has 0 radical (unpaired) electrons. The van der Waals surface area contributed by atoms with Gasteiger partial charge in [-0.25, -0.2) is 36.0 Å². The molecule has 2 aromatic rings. The Morgan fingerprint density at radius 3 is 0.754 bits per heavy atom. The molecule has 0 spiro atoms. The second kappa shape index (κ2) is 25.3. The van der Waals surface area contributed by atoms with E-state index in [1.54, 1.807) is 55.4 Å². The van der Waals surface area contributed by atoms with Crippen LogP contribution < -0.4 is 0 Å². The SMILES string of the molecule is CCCCC(C)(C)OC(=O)c1cc(C(=O)OC(C)(C)CCCC)cc(S(=O)(=O)[O-])c1.CCCCC(C)(C)OC(=O)c1cc(C(=O)OC(C)(C)CCCC)cc(S(=O)(=O)[O-])c1.[Ba+2]. The second-order valence-electron chi connectivity index (χ2n) is 17.4. The Morgan fingerprint density at radius 1 is 0.426 bits per heavy atom. The Bertz CT molecular complexity index is 1750. The summed E-state index contributed by atoms with van der Waals surface area (Å²) in [7, 11) is -9.79. The van der Waals surface area contributed by atoms with Crippen molar-refractivity contribution >= 4 is 93.0 Å². The number of ether oxygens (including phenoxy) is 4. The molecule has 0 aromatic heterocycles. The summed E-state index contributed by atoms with van der Waals surface area (Å²) in [6.07, 6.45) is 9.57. The van der Waals surface area contributed by atoms with E-state index in [2.05, 4.69) is 0 Å². The number of rotatable bonds is 22. The summed E-state index contributed by atoms with van der Waals surface area (Å²) in [5.41, 5.74) is -3.84. The van der Waals surface area contributed by atoms with Crippen LogP contribution in [0.1, 0.15) is 202 Å². The minimum Gasteiger partial charge on any atom is -0.744 e. The van der Waals surface area contributed by atoms with Gasteiger partial charge in [-0.1, -0.05) is 53.4 Å². The zero-order valence-electron chi connectivity index (χ0n) is 38.2. The molecule has 0 bridgehead atoms. The zero-order valence-corrected chi connectivity index (χ0v) is 44.3. The largest absolute Gasteiger partial charge is 2.00 e. The Labute approximate surface area is 404 Å². The number of hydrogen-bond acceptors (Lipinski definition) is 14. The van der Waals surface area contributed by atoms with Crippen LogP contribution >= 0.6 is 0 Å². The molecular formula is C44H66BaO14S2. The van der Waals surface area contributed by atoms with E-state index in [0.29, 0.717) is 25.7 Å². The van der Waals surface area contributed by atoms with Crippen molar-refractivity contribution in [3.63, 3.8) is 0 Å². The second-order valence-corrected chi connectivity index (χ2v) is 20.2. The number of unbranched alkanes of at least 4 members (excludes halogenated alkanes) is 4. The van der Waals surface area contributed by atoms with Crippen molar-refractivity contribution in [3.05, 3.63) is 58.7 Å². The van der Waals surface area contributed by atoms with Gasteiger partial charge in [-0.05, 0) is 143 Å². The van der Waals surface area contributed by atoms with Gasteiger partial charge >= 0.3 is 72.8 Å². The van der Waals surface area contributed by atoms with Crippen LogP contribution in [0.15, 0.2) is 46.2 Å². The topological polar surface area (TPSA) is 220 Å². The maximum atomic E-state index is 12.6. The number of hydrogen-bond donors (Lipinski definition) is 0. The predicted molar refractivity (Wildman–Crippen MR) is 231 cm³/mol. The van der Waals surface area contributed by atoms with Crippen LogP contribution in [0.4, 0.5) is 0 Å². The molecule has 14 nitrogen and oxygen atoms in total. The van der Waals surface area contributed by atoms with Gasteiger partial charge in [-0.15, -0.1) is 0 Å². The molecule has 0 fully saturated rings. The smallest absolute Gasteiger partial charge is 0.744 e. The molecule has 2 aromatic carbocycles. The number of esters is 4. The Morgan fingerprint density at radius 2 is 0.607 bits per heavy atom. The minimum absolute atomic E-state index is 0. The van der Waals surface area contributed by atoms with Crippen LogP contribution in [0.2, 0.25) is 0 Å². The van der Waals surface area contributed by atoms with Crippen LogP contribution in [-0.2, 0) is 39.2 Å². The predicted octanol–water partition coefficient (Wildman–Crippen LogP) is 9.30. The van der Waals surface area contributed by atoms with E-state index in [1.165, 1.54) is 12.1 Å². The molecular weight excluding hydrogens is 954 g/mol. The molecule has 0 aliphatic carbocycles. The molecule has 17 heteroatoms. The first-order valence-corrected chi connectivity index (χ1v) is 23.4. The molecule has 61 heavy (non-hydrogen) atoms. The molecule has 0 saturated carbocycles. The fourth-order valence-electron chi connectivity index (χ4n) is 5.81. The van der Waals surface area contributed by atoms with Crippen LogP contribution in [-0.4, -0.2) is 121 Å². The van der Waals surface area contributed by atoms with Crippen molar-refractivity contribution in [2.24, 2.45) is 0 Å². The maximum absolute atomic E-state index is 12.6. The molecule has 0 amide bonds. The molecule has 0 heterocycles. The third kappa shape index (κ3) is 22.3. The molecule has 0 N–H and O–H groups in total. The van der Waals surface area contributed by atoms with Gasteiger partial charge in [0.05, 0.1) is 32.0 Å². The molecule has 0 aliphatic heterocycles. The average molecular weight is 1020 g/mol. The Balaban J connectivity index is 0.00000116. The van der Waals surface area contributed by atoms with Crippen LogP contribution in [0, 0.1) is 0 Å². The van der Waals surface area contributed by atoms with Crippen LogP contribution in [0.3, 0.4) is 0 Å². The first-order valence-electron chi connectivity index (χ1n) is 20.6. The Kier molecular flexibility index (Phi) is 24.3. The van der Waals surface area contributed by atoms with E-state index >= 15 is 0 Å². The first-order chi connectivity index (χ1) is 27.4. The normalized spacial score (nSPS) is 12.3. The van der Waals surface area contributed by atoms with Gasteiger partial charge in [-0.3, -0.25) is 0 Å². The molecule has 340 valence electrons. The van der Waals surface area contributed by atoms with Crippen molar-refractivity contribution < 1.29 is 64.1 Å². The third-order valence-electron chi connectivity index (χ3n) is 9.34. The first kappa shape index (κ1) is 58.7. The average Bonchev–Trinajstić information content (AvgIpc) is 3.13. The van der Waals surface area contributed by atoms with E-state index in [4.69, 9.17) is 18.9 Å². The van der Waals surface area contributed by atoms with Crippen molar-refractivity contribution in [2.45, 2.75) is 192 Å².